The molecule has 160 valence electrons. The summed E-state index contributed by atoms with van der Waals surface area (Å²) in [5.41, 5.74) is 0. The van der Waals surface area contributed by atoms with Gasteiger partial charge >= 0.3 is 0 Å². The first kappa shape index (κ1) is 23.7. The first-order chi connectivity index (χ1) is 13.7. The molecule has 1 saturated heterocycles. The van der Waals surface area contributed by atoms with E-state index in [1.807, 2.05) is 18.4 Å². The van der Waals surface area contributed by atoms with Crippen molar-refractivity contribution in [3.63, 3.8) is 0 Å². The maximum absolute atomic E-state index is 12.9. The van der Waals surface area contributed by atoms with Crippen molar-refractivity contribution >= 4 is 46.3 Å². The largest absolute Gasteiger partial charge is 0.494 e. The Hall–Kier alpha value is -1.55. The predicted molar refractivity (Wildman–Crippen MR) is 131 cm³/mol. The summed E-state index contributed by atoms with van der Waals surface area (Å²) >= 11 is 1.81. The number of benzene rings is 1. The van der Waals surface area contributed by atoms with E-state index in [-0.39, 0.29) is 29.8 Å². The molecular weight excluding hydrogens is 502 g/mol. The van der Waals surface area contributed by atoms with Crippen molar-refractivity contribution < 1.29 is 9.13 Å². The van der Waals surface area contributed by atoms with Gasteiger partial charge in [0.2, 0.25) is 0 Å². The minimum Gasteiger partial charge on any atom is -0.494 e. The number of nitrogens with one attached hydrogen (secondary N) is 2. The number of rotatable bonds is 8. The average molecular weight is 532 g/mol. The lowest BCUT2D eigenvalue weighted by atomic mass is 10.1. The van der Waals surface area contributed by atoms with Gasteiger partial charge in [0.05, 0.1) is 11.6 Å². The van der Waals surface area contributed by atoms with Crippen LogP contribution >= 0.6 is 35.3 Å². The highest BCUT2D eigenvalue weighted by Gasteiger charge is 2.20. The van der Waals surface area contributed by atoms with E-state index in [4.69, 9.17) is 4.74 Å². The zero-order chi connectivity index (χ0) is 19.6. The van der Waals surface area contributed by atoms with Gasteiger partial charge in [0.25, 0.3) is 0 Å². The number of ether oxygens (including phenoxy) is 1. The third kappa shape index (κ3) is 8.00. The van der Waals surface area contributed by atoms with Gasteiger partial charge in [-0.1, -0.05) is 0 Å². The molecule has 0 saturated carbocycles. The van der Waals surface area contributed by atoms with Crippen LogP contribution in [0.4, 0.5) is 9.39 Å². The number of halogens is 2. The third-order valence-corrected chi connectivity index (χ3v) is 5.75. The molecule has 1 aromatic carbocycles. The minimum atomic E-state index is -0.243. The molecule has 1 aromatic heterocycles. The number of piperidine rings is 1. The molecule has 0 amide bonds. The molecule has 3 rings (SSSR count). The van der Waals surface area contributed by atoms with Gasteiger partial charge in [-0.2, -0.15) is 0 Å². The van der Waals surface area contributed by atoms with Gasteiger partial charge in [0.15, 0.2) is 5.96 Å². The molecule has 2 heterocycles. The topological polar surface area (TPSA) is 48.9 Å². The first-order valence-corrected chi connectivity index (χ1v) is 10.8. The van der Waals surface area contributed by atoms with Crippen molar-refractivity contribution in [2.75, 3.05) is 38.2 Å². The molecule has 0 spiro atoms. The Morgan fingerprint density at radius 1 is 1.21 bits per heavy atom. The molecule has 0 atom stereocenters. The minimum absolute atomic E-state index is 0. The van der Waals surface area contributed by atoms with Gasteiger partial charge in [-0.15, -0.1) is 35.3 Å². The summed E-state index contributed by atoms with van der Waals surface area (Å²) < 4.78 is 18.5. The van der Waals surface area contributed by atoms with Gasteiger partial charge in [0, 0.05) is 32.7 Å². The molecule has 1 aliphatic heterocycles. The molecule has 2 N–H and O–H groups in total. The van der Waals surface area contributed by atoms with Crippen LogP contribution in [0.25, 0.3) is 0 Å². The molecular formula is C21H30FIN4OS. The van der Waals surface area contributed by atoms with Gasteiger partial charge in [-0.05, 0) is 67.5 Å². The van der Waals surface area contributed by atoms with Crippen molar-refractivity contribution in [2.45, 2.75) is 31.7 Å². The molecule has 2 aromatic rings. The van der Waals surface area contributed by atoms with Crippen LogP contribution < -0.4 is 20.3 Å². The van der Waals surface area contributed by atoms with Gasteiger partial charge in [-0.3, -0.25) is 4.99 Å². The zero-order valence-electron chi connectivity index (χ0n) is 16.8. The summed E-state index contributed by atoms with van der Waals surface area (Å²) in [6.07, 6.45) is 4.15. The van der Waals surface area contributed by atoms with E-state index < -0.39 is 0 Å². The Balaban J connectivity index is 0.00000300. The van der Waals surface area contributed by atoms with Crippen LogP contribution in [0, 0.1) is 5.82 Å². The normalized spacial score (nSPS) is 15.0. The average Bonchev–Trinajstić information content (AvgIpc) is 3.26. The Bertz CT molecular complexity index is 719. The monoisotopic (exact) mass is 532 g/mol. The summed E-state index contributed by atoms with van der Waals surface area (Å²) in [5.74, 6) is 1.34. The molecule has 0 radical (unpaired) electrons. The fraction of sp³-hybridized carbons (Fsp3) is 0.476. The highest BCUT2D eigenvalue weighted by atomic mass is 127. The molecule has 0 unspecified atom stereocenters. The fourth-order valence-electron chi connectivity index (χ4n) is 3.24. The highest BCUT2D eigenvalue weighted by Crippen LogP contribution is 2.24. The number of anilines is 1. The van der Waals surface area contributed by atoms with Gasteiger partial charge in [0.1, 0.15) is 11.6 Å². The lowest BCUT2D eigenvalue weighted by Crippen LogP contribution is -2.48. The van der Waals surface area contributed by atoms with Crippen LogP contribution in [0.5, 0.6) is 5.75 Å². The van der Waals surface area contributed by atoms with Crippen molar-refractivity contribution in [3.05, 3.63) is 47.6 Å². The molecule has 5 nitrogen and oxygen atoms in total. The third-order valence-electron chi connectivity index (χ3n) is 4.82. The van der Waals surface area contributed by atoms with Crippen molar-refractivity contribution in [2.24, 2.45) is 4.99 Å². The van der Waals surface area contributed by atoms with Gasteiger partial charge < -0.3 is 20.3 Å². The van der Waals surface area contributed by atoms with Gasteiger partial charge in [-0.25, -0.2) is 4.39 Å². The number of aliphatic imine (C=N–C) groups is 1. The first-order valence-electron chi connectivity index (χ1n) is 9.88. The lowest BCUT2D eigenvalue weighted by Gasteiger charge is -2.33. The summed E-state index contributed by atoms with van der Waals surface area (Å²) in [4.78, 5) is 6.80. The lowest BCUT2D eigenvalue weighted by molar-refractivity contribution is 0.306. The summed E-state index contributed by atoms with van der Waals surface area (Å²) in [5, 5.41) is 10.4. The van der Waals surface area contributed by atoms with E-state index in [1.165, 1.54) is 17.1 Å². The second-order valence-corrected chi connectivity index (χ2v) is 7.79. The van der Waals surface area contributed by atoms with E-state index in [0.717, 1.165) is 51.3 Å². The number of thiophene rings is 1. The van der Waals surface area contributed by atoms with Crippen LogP contribution in [-0.4, -0.2) is 45.3 Å². The van der Waals surface area contributed by atoms with Crippen molar-refractivity contribution in [1.29, 1.82) is 0 Å². The van der Waals surface area contributed by atoms with E-state index >= 15 is 0 Å². The van der Waals surface area contributed by atoms with E-state index in [2.05, 4.69) is 38.0 Å². The van der Waals surface area contributed by atoms with Crippen LogP contribution in [0.1, 0.15) is 25.7 Å². The van der Waals surface area contributed by atoms with Crippen LogP contribution in [0.3, 0.4) is 0 Å². The SMILES string of the molecule is CN=C(NCCCCOc1ccc(F)cc1)NC1CCN(c2cccs2)CC1.I. The fourth-order valence-corrected chi connectivity index (χ4v) is 4.02. The standard InChI is InChI=1S/C21H29FN4OS.HI/c1-23-21(24-12-2-3-15-27-19-8-6-17(22)7-9-19)25-18-10-13-26(14-11-18)20-5-4-16-28-20;/h4-9,16,18H,2-3,10-15H2,1H3,(H2,23,24,25);1H. The smallest absolute Gasteiger partial charge is 0.191 e. The molecule has 0 aliphatic carbocycles. The number of hydrogen-bond donors (Lipinski definition) is 2. The Kier molecular flexibility index (Phi) is 10.5. The van der Waals surface area contributed by atoms with E-state index in [0.29, 0.717) is 18.4 Å². The zero-order valence-corrected chi connectivity index (χ0v) is 19.9. The number of nitrogens with zero attached hydrogens (tertiary/aromatic N) is 2. The molecule has 8 heteroatoms. The van der Waals surface area contributed by atoms with E-state index in [9.17, 15) is 4.39 Å². The van der Waals surface area contributed by atoms with E-state index in [1.54, 1.807) is 12.1 Å². The maximum atomic E-state index is 12.9. The second-order valence-electron chi connectivity index (χ2n) is 6.87. The Morgan fingerprint density at radius 2 is 1.97 bits per heavy atom. The van der Waals surface area contributed by atoms with Crippen LogP contribution in [0.15, 0.2) is 46.8 Å². The van der Waals surface area contributed by atoms with Crippen molar-refractivity contribution in [3.8, 4) is 5.75 Å². The quantitative estimate of drug-likeness (QED) is 0.228. The molecule has 1 fully saturated rings. The molecule has 0 bridgehead atoms. The summed E-state index contributed by atoms with van der Waals surface area (Å²) in [6.45, 7) is 3.63. The number of hydrogen-bond acceptors (Lipinski definition) is 4. The highest BCUT2D eigenvalue weighted by molar-refractivity contribution is 14.0. The van der Waals surface area contributed by atoms with Crippen molar-refractivity contribution in [1.82, 2.24) is 10.6 Å². The predicted octanol–water partition coefficient (Wildman–Crippen LogP) is 4.50. The number of unbranched alkanes of at least 4 members (excludes halogenated alkanes) is 1. The Morgan fingerprint density at radius 3 is 2.62 bits per heavy atom. The second kappa shape index (κ2) is 12.9. The van der Waals surface area contributed by atoms with Crippen LogP contribution in [-0.2, 0) is 0 Å². The van der Waals surface area contributed by atoms with Crippen LogP contribution in [0.2, 0.25) is 0 Å². The Labute approximate surface area is 193 Å². The molecule has 29 heavy (non-hydrogen) atoms. The maximum Gasteiger partial charge on any atom is 0.191 e. The summed E-state index contributed by atoms with van der Waals surface area (Å²) in [6, 6.07) is 10.9. The summed E-state index contributed by atoms with van der Waals surface area (Å²) in [7, 11) is 1.81. The number of guanidine groups is 1. The molecule has 1 aliphatic rings.